The number of nitrogens with one attached hydrogen (secondary N) is 1. The fourth-order valence-corrected chi connectivity index (χ4v) is 8.47. The van der Waals surface area contributed by atoms with Crippen molar-refractivity contribution in [3.63, 3.8) is 0 Å². The summed E-state index contributed by atoms with van der Waals surface area (Å²) in [4.78, 5) is 12.7. The number of allylic oxidation sites excluding steroid dienone is 4. The molecule has 0 bridgehead atoms. The number of hydrogen-bond donors (Lipinski definition) is 2. The molecule has 0 aliphatic rings. The molecule has 3 rings (SSSR count). The summed E-state index contributed by atoms with van der Waals surface area (Å²) in [6.07, 6.45) is 45.2. The van der Waals surface area contributed by atoms with Crippen LogP contribution in [0.15, 0.2) is 64.0 Å². The van der Waals surface area contributed by atoms with E-state index in [1.807, 2.05) is 0 Å². The number of aromatic hydroxyl groups is 1. The van der Waals surface area contributed by atoms with Crippen LogP contribution in [0.4, 0.5) is 0 Å². The zero-order chi connectivity index (χ0) is 42.1. The highest BCUT2D eigenvalue weighted by atomic mass is 31.2. The third-order valence-electron chi connectivity index (χ3n) is 10.8. The maximum absolute atomic E-state index is 13.9. The Balaban J connectivity index is 1.36. The zero-order valence-corrected chi connectivity index (χ0v) is 37.8. The van der Waals surface area contributed by atoms with Gasteiger partial charge in [0.25, 0.3) is 0 Å². The number of unbranched alkanes of at least 4 members (excludes halogenated alkanes) is 24. The van der Waals surface area contributed by atoms with Gasteiger partial charge in [-0.05, 0) is 82.4 Å². The summed E-state index contributed by atoms with van der Waals surface area (Å²) in [6, 6.07) is 6.21. The van der Waals surface area contributed by atoms with Gasteiger partial charge >= 0.3 is 13.4 Å². The van der Waals surface area contributed by atoms with E-state index in [9.17, 15) is 14.5 Å². The van der Waals surface area contributed by atoms with Gasteiger partial charge in [-0.25, -0.2) is 19.1 Å². The summed E-state index contributed by atoms with van der Waals surface area (Å²) < 4.78 is 32.5. The summed E-state index contributed by atoms with van der Waals surface area (Å²) in [5.74, 6) is 0.0109. The van der Waals surface area contributed by atoms with Gasteiger partial charge in [0.05, 0.1) is 31.6 Å². The highest BCUT2D eigenvalue weighted by Gasteiger charge is 2.25. The highest BCUT2D eigenvalue weighted by molar-refractivity contribution is 7.51. The van der Waals surface area contributed by atoms with Gasteiger partial charge in [-0.1, -0.05) is 159 Å². The molecular formula is C48H79N4O6P. The van der Waals surface area contributed by atoms with Crippen LogP contribution >= 0.6 is 7.75 Å². The van der Waals surface area contributed by atoms with Crippen molar-refractivity contribution in [1.29, 1.82) is 0 Å². The normalized spacial score (nSPS) is 12.2. The third kappa shape index (κ3) is 23.5. The maximum Gasteiger partial charge on any atom is 0.405 e. The molecule has 0 amide bonds. The lowest BCUT2D eigenvalue weighted by Gasteiger charge is -2.19. The number of fused-ring (bicyclic) bond motifs is 1. The van der Waals surface area contributed by atoms with Gasteiger partial charge in [-0.3, -0.25) is 9.05 Å². The van der Waals surface area contributed by atoms with Crippen LogP contribution in [-0.2, 0) is 20.2 Å². The van der Waals surface area contributed by atoms with Crippen molar-refractivity contribution < 1.29 is 23.1 Å². The smallest absolute Gasteiger partial charge is 0.405 e. The Labute approximate surface area is 356 Å². The lowest BCUT2D eigenvalue weighted by molar-refractivity contribution is 0.188. The Kier molecular flexibility index (Phi) is 27.9. The summed E-state index contributed by atoms with van der Waals surface area (Å²) in [7, 11) is -3.62. The number of benzene rings is 1. The summed E-state index contributed by atoms with van der Waals surface area (Å²) >= 11 is 0. The molecule has 332 valence electrons. The molecule has 0 unspecified atom stereocenters. The molecule has 11 heteroatoms. The van der Waals surface area contributed by atoms with E-state index in [1.54, 1.807) is 18.3 Å². The van der Waals surface area contributed by atoms with Crippen LogP contribution in [0.25, 0.3) is 16.7 Å². The molecule has 2 N–H and O–H groups in total. The van der Waals surface area contributed by atoms with Crippen molar-refractivity contribution in [1.82, 2.24) is 20.1 Å². The fourth-order valence-electron chi connectivity index (χ4n) is 7.12. The summed E-state index contributed by atoms with van der Waals surface area (Å²) in [5.41, 5.74) is 0.311. The summed E-state index contributed by atoms with van der Waals surface area (Å²) in [5, 5.41) is 21.7. The first-order valence-corrected chi connectivity index (χ1v) is 25.1. The Morgan fingerprint density at radius 3 is 1.61 bits per heavy atom. The van der Waals surface area contributed by atoms with E-state index >= 15 is 0 Å². The first-order valence-electron chi connectivity index (χ1n) is 23.6. The van der Waals surface area contributed by atoms with Crippen LogP contribution in [0, 0.1) is 0 Å². The predicted octanol–water partition coefficient (Wildman–Crippen LogP) is 14.4. The van der Waals surface area contributed by atoms with Crippen LogP contribution in [0.3, 0.4) is 0 Å². The fraction of sp³-hybridized carbons (Fsp3) is 0.688. The second kappa shape index (κ2) is 32.7. The highest BCUT2D eigenvalue weighted by Crippen LogP contribution is 2.44. The average Bonchev–Trinajstić information content (AvgIpc) is 3.71. The third-order valence-corrected chi connectivity index (χ3v) is 12.4. The Bertz CT molecular complexity index is 1620. The van der Waals surface area contributed by atoms with E-state index in [0.29, 0.717) is 24.3 Å². The summed E-state index contributed by atoms with van der Waals surface area (Å²) in [6.45, 7) is 5.31. The molecule has 10 nitrogen and oxygen atoms in total. The topological polar surface area (TPSA) is 129 Å². The monoisotopic (exact) mass is 839 g/mol. The van der Waals surface area contributed by atoms with E-state index in [-0.39, 0.29) is 23.6 Å². The van der Waals surface area contributed by atoms with E-state index in [1.165, 1.54) is 145 Å². The number of hydrogen-bond acceptors (Lipinski definition) is 8. The quantitative estimate of drug-likeness (QED) is 0.0251. The van der Waals surface area contributed by atoms with Gasteiger partial charge < -0.3 is 9.52 Å². The Morgan fingerprint density at radius 2 is 1.12 bits per heavy atom. The lowest BCUT2D eigenvalue weighted by atomic mass is 10.1. The second-order valence-corrected chi connectivity index (χ2v) is 18.0. The molecule has 0 fully saturated rings. The van der Waals surface area contributed by atoms with E-state index in [4.69, 9.17) is 13.5 Å². The van der Waals surface area contributed by atoms with Gasteiger partial charge in [0, 0.05) is 11.5 Å². The number of phenolic OH excluding ortho intramolecular Hbond substituents is 1. The first-order chi connectivity index (χ1) is 28.9. The molecule has 0 aliphatic heterocycles. The molecular weight excluding hydrogens is 760 g/mol. The average molecular weight is 839 g/mol. The molecule has 0 saturated heterocycles. The number of rotatable bonds is 38. The predicted molar refractivity (Wildman–Crippen MR) is 244 cm³/mol. The molecule has 0 saturated carbocycles. The molecule has 0 atom stereocenters. The number of aromatic nitrogens is 3. The van der Waals surface area contributed by atoms with Crippen LogP contribution in [0.2, 0.25) is 0 Å². The zero-order valence-electron chi connectivity index (χ0n) is 36.9. The molecule has 3 aromatic rings. The van der Waals surface area contributed by atoms with Crippen molar-refractivity contribution in [2.24, 2.45) is 0 Å². The molecule has 0 spiro atoms. The molecule has 59 heavy (non-hydrogen) atoms. The van der Waals surface area contributed by atoms with Crippen LogP contribution in [0.5, 0.6) is 5.75 Å². The van der Waals surface area contributed by atoms with Crippen molar-refractivity contribution in [3.8, 4) is 11.4 Å². The Morgan fingerprint density at radius 1 is 0.661 bits per heavy atom. The molecule has 2 aromatic heterocycles. The second-order valence-electron chi connectivity index (χ2n) is 16.2. The van der Waals surface area contributed by atoms with Gasteiger partial charge in [0.15, 0.2) is 5.69 Å². The van der Waals surface area contributed by atoms with Gasteiger partial charge in [-0.15, -0.1) is 5.10 Å². The molecule has 0 aliphatic carbocycles. The molecule has 1 aromatic carbocycles. The van der Waals surface area contributed by atoms with E-state index < -0.39 is 13.4 Å². The number of nitrogens with zero attached hydrogens (tertiary/aromatic N) is 3. The lowest BCUT2D eigenvalue weighted by Crippen LogP contribution is -2.16. The van der Waals surface area contributed by atoms with Crippen molar-refractivity contribution in [2.75, 3.05) is 13.2 Å². The number of phenols is 1. The van der Waals surface area contributed by atoms with E-state index in [2.05, 4.69) is 53.6 Å². The Hall–Kier alpha value is -3.04. The van der Waals surface area contributed by atoms with Crippen LogP contribution < -0.4 is 10.7 Å². The first kappa shape index (κ1) is 50.3. The van der Waals surface area contributed by atoms with Gasteiger partial charge in [0.2, 0.25) is 0 Å². The maximum atomic E-state index is 13.9. The minimum Gasteiger partial charge on any atom is -0.508 e. The largest absolute Gasteiger partial charge is 0.508 e. The van der Waals surface area contributed by atoms with Gasteiger partial charge in [0.1, 0.15) is 11.3 Å². The minimum atomic E-state index is -3.62. The standard InChI is InChI=1S/C48H79N4O6P/c1-3-5-7-9-11-13-15-17-19-21-23-25-27-29-31-33-37-56-59(55,57-38-34-32-30-28-26-24-22-20-18-16-14-12-10-8-6-4-2)49-41-44-42-52(51-50-44)46-39-43-35-36-45(53)40-47(43)58-48(46)54/h17-20,35-36,39-40,42,53H,3-16,21-34,37-38,41H2,1-2H3,(H,49,55)/b19-17+,20-18+. The van der Waals surface area contributed by atoms with Crippen molar-refractivity contribution >= 4 is 18.7 Å². The SMILES string of the molecule is CCCCCCCC/C=C/CCCCCCCCOP(=O)(NCc1cn(-c2cc3ccc(O)cc3oc2=O)nn1)OCCCCCCCC/C=C/CCCCCCCC. The van der Waals surface area contributed by atoms with Crippen LogP contribution in [0.1, 0.15) is 199 Å². The minimum absolute atomic E-state index is 0.0109. The van der Waals surface area contributed by atoms with Gasteiger partial charge in [-0.2, -0.15) is 0 Å². The van der Waals surface area contributed by atoms with Crippen molar-refractivity contribution in [2.45, 2.75) is 200 Å². The van der Waals surface area contributed by atoms with Crippen molar-refractivity contribution in [3.05, 3.63) is 70.9 Å². The van der Waals surface area contributed by atoms with Crippen LogP contribution in [-0.4, -0.2) is 33.3 Å². The molecule has 0 radical (unpaired) electrons. The van der Waals surface area contributed by atoms with E-state index in [0.717, 1.165) is 51.4 Å². The molecule has 2 heterocycles.